The third kappa shape index (κ3) is 3.87. The number of rotatable bonds is 5. The van der Waals surface area contributed by atoms with E-state index in [0.717, 1.165) is 44.0 Å². The molecule has 1 aromatic rings. The van der Waals surface area contributed by atoms with Gasteiger partial charge in [0, 0.05) is 25.7 Å². The quantitative estimate of drug-likeness (QED) is 0.906. The molecule has 2 rings (SSSR count). The van der Waals surface area contributed by atoms with Gasteiger partial charge in [-0.1, -0.05) is 23.7 Å². The minimum absolute atomic E-state index is 0.146. The summed E-state index contributed by atoms with van der Waals surface area (Å²) in [5, 5.41) is 0.831. The molecule has 112 valence electrons. The average molecular weight is 297 g/mol. The number of hydrogen-bond acceptors (Lipinski definition) is 3. The molecule has 1 atom stereocenters. The summed E-state index contributed by atoms with van der Waals surface area (Å²) < 4.78 is 5.71. The fraction of sp³-hybridized carbons (Fsp3) is 0.625. The molecular formula is C16H25ClN2O. The first-order valence-corrected chi connectivity index (χ1v) is 7.89. The van der Waals surface area contributed by atoms with Gasteiger partial charge in [0.1, 0.15) is 0 Å². The summed E-state index contributed by atoms with van der Waals surface area (Å²) in [5.74, 6) is 0. The van der Waals surface area contributed by atoms with Crippen LogP contribution in [-0.2, 0) is 11.2 Å². The molecule has 1 aromatic carbocycles. The van der Waals surface area contributed by atoms with Gasteiger partial charge in [-0.2, -0.15) is 0 Å². The molecule has 1 heterocycles. The molecule has 0 bridgehead atoms. The van der Waals surface area contributed by atoms with E-state index in [9.17, 15) is 0 Å². The van der Waals surface area contributed by atoms with Crippen LogP contribution in [0.15, 0.2) is 18.2 Å². The number of para-hydroxylation sites is 1. The molecule has 0 aromatic heterocycles. The minimum Gasteiger partial charge on any atom is -0.378 e. The monoisotopic (exact) mass is 296 g/mol. The Bertz CT molecular complexity index is 428. The van der Waals surface area contributed by atoms with Crippen molar-refractivity contribution in [2.24, 2.45) is 5.73 Å². The van der Waals surface area contributed by atoms with Crippen molar-refractivity contribution < 1.29 is 4.74 Å². The van der Waals surface area contributed by atoms with Gasteiger partial charge < -0.3 is 15.4 Å². The Morgan fingerprint density at radius 1 is 1.40 bits per heavy atom. The Hall–Kier alpha value is -0.770. The SMILES string of the molecule is CCOC1CCN(c2c(Cl)cccc2CC(C)N)CC1. The lowest BCUT2D eigenvalue weighted by atomic mass is 10.0. The van der Waals surface area contributed by atoms with Crippen LogP contribution in [0.3, 0.4) is 0 Å². The Labute approximate surface area is 127 Å². The number of hydrogen-bond donors (Lipinski definition) is 1. The van der Waals surface area contributed by atoms with E-state index < -0.39 is 0 Å². The molecule has 2 N–H and O–H groups in total. The highest BCUT2D eigenvalue weighted by molar-refractivity contribution is 6.33. The lowest BCUT2D eigenvalue weighted by molar-refractivity contribution is 0.0459. The first kappa shape index (κ1) is 15.6. The topological polar surface area (TPSA) is 38.5 Å². The normalized spacial score (nSPS) is 18.3. The summed E-state index contributed by atoms with van der Waals surface area (Å²) in [4.78, 5) is 2.38. The highest BCUT2D eigenvalue weighted by Gasteiger charge is 2.23. The van der Waals surface area contributed by atoms with Crippen LogP contribution in [0, 0.1) is 0 Å². The van der Waals surface area contributed by atoms with Crippen LogP contribution in [0.4, 0.5) is 5.69 Å². The number of ether oxygens (including phenoxy) is 1. The molecule has 0 amide bonds. The van der Waals surface area contributed by atoms with Crippen molar-refractivity contribution in [1.82, 2.24) is 0 Å². The van der Waals surface area contributed by atoms with Crippen molar-refractivity contribution in [3.8, 4) is 0 Å². The highest BCUT2D eigenvalue weighted by Crippen LogP contribution is 2.33. The fourth-order valence-electron chi connectivity index (χ4n) is 2.91. The van der Waals surface area contributed by atoms with E-state index in [1.807, 2.05) is 19.1 Å². The fourth-order valence-corrected chi connectivity index (χ4v) is 3.22. The van der Waals surface area contributed by atoms with Gasteiger partial charge >= 0.3 is 0 Å². The van der Waals surface area contributed by atoms with E-state index in [0.29, 0.717) is 6.10 Å². The van der Waals surface area contributed by atoms with E-state index in [1.54, 1.807) is 0 Å². The molecule has 1 unspecified atom stereocenters. The Kier molecular flexibility index (Phi) is 5.70. The molecule has 3 nitrogen and oxygen atoms in total. The summed E-state index contributed by atoms with van der Waals surface area (Å²) >= 11 is 6.43. The zero-order valence-corrected chi connectivity index (χ0v) is 13.2. The van der Waals surface area contributed by atoms with Crippen molar-refractivity contribution in [3.05, 3.63) is 28.8 Å². The van der Waals surface area contributed by atoms with E-state index >= 15 is 0 Å². The number of piperidine rings is 1. The Morgan fingerprint density at radius 2 is 2.10 bits per heavy atom. The predicted octanol–water partition coefficient (Wildman–Crippen LogP) is 3.24. The van der Waals surface area contributed by atoms with Crippen molar-refractivity contribution in [3.63, 3.8) is 0 Å². The first-order valence-electron chi connectivity index (χ1n) is 7.51. The Balaban J connectivity index is 2.12. The standard InChI is InChI=1S/C16H25ClN2O/c1-3-20-14-7-9-19(10-8-14)16-13(11-12(2)18)5-4-6-15(16)17/h4-6,12,14H,3,7-11,18H2,1-2H3. The van der Waals surface area contributed by atoms with Crippen LogP contribution in [0.2, 0.25) is 5.02 Å². The molecule has 1 fully saturated rings. The van der Waals surface area contributed by atoms with Crippen LogP contribution in [0.25, 0.3) is 0 Å². The second-order valence-corrected chi connectivity index (χ2v) is 5.98. The highest BCUT2D eigenvalue weighted by atomic mass is 35.5. The van der Waals surface area contributed by atoms with Crippen molar-refractivity contribution in [2.75, 3.05) is 24.6 Å². The van der Waals surface area contributed by atoms with E-state index in [4.69, 9.17) is 22.1 Å². The maximum absolute atomic E-state index is 6.43. The van der Waals surface area contributed by atoms with Gasteiger partial charge in [0.2, 0.25) is 0 Å². The molecule has 0 radical (unpaired) electrons. The summed E-state index contributed by atoms with van der Waals surface area (Å²) in [6.45, 7) is 6.89. The van der Waals surface area contributed by atoms with E-state index in [-0.39, 0.29) is 6.04 Å². The van der Waals surface area contributed by atoms with Gasteiger partial charge in [-0.25, -0.2) is 0 Å². The largest absolute Gasteiger partial charge is 0.378 e. The number of nitrogens with two attached hydrogens (primary N) is 1. The second kappa shape index (κ2) is 7.30. The molecule has 4 heteroatoms. The van der Waals surface area contributed by atoms with Crippen molar-refractivity contribution in [1.29, 1.82) is 0 Å². The maximum atomic E-state index is 6.43. The third-order valence-electron chi connectivity index (χ3n) is 3.77. The van der Waals surface area contributed by atoms with Gasteiger partial charge in [-0.05, 0) is 44.7 Å². The van der Waals surface area contributed by atoms with Gasteiger partial charge in [0.15, 0.2) is 0 Å². The zero-order valence-electron chi connectivity index (χ0n) is 12.4. The lowest BCUT2D eigenvalue weighted by Gasteiger charge is -2.35. The van der Waals surface area contributed by atoms with Gasteiger partial charge in [0.05, 0.1) is 16.8 Å². The number of halogens is 1. The third-order valence-corrected chi connectivity index (χ3v) is 4.08. The van der Waals surface area contributed by atoms with Crippen LogP contribution in [-0.4, -0.2) is 31.8 Å². The summed E-state index contributed by atoms with van der Waals surface area (Å²) in [6.07, 6.45) is 3.39. The minimum atomic E-state index is 0.146. The summed E-state index contributed by atoms with van der Waals surface area (Å²) in [6, 6.07) is 6.26. The van der Waals surface area contributed by atoms with Gasteiger partial charge in [0.25, 0.3) is 0 Å². The molecule has 1 aliphatic rings. The molecule has 0 aliphatic carbocycles. The summed E-state index contributed by atoms with van der Waals surface area (Å²) in [5.41, 5.74) is 8.37. The van der Waals surface area contributed by atoms with Crippen molar-refractivity contribution in [2.45, 2.75) is 45.3 Å². The average Bonchev–Trinajstić information content (AvgIpc) is 2.40. The van der Waals surface area contributed by atoms with Crippen LogP contribution < -0.4 is 10.6 Å². The predicted molar refractivity (Wildman–Crippen MR) is 85.7 cm³/mol. The van der Waals surface area contributed by atoms with Crippen LogP contribution in [0.5, 0.6) is 0 Å². The number of benzene rings is 1. The lowest BCUT2D eigenvalue weighted by Crippen LogP contribution is -2.38. The molecule has 1 saturated heterocycles. The van der Waals surface area contributed by atoms with E-state index in [2.05, 4.69) is 17.9 Å². The van der Waals surface area contributed by atoms with Crippen LogP contribution >= 0.6 is 11.6 Å². The first-order chi connectivity index (χ1) is 9.61. The number of anilines is 1. The van der Waals surface area contributed by atoms with Gasteiger partial charge in [-0.15, -0.1) is 0 Å². The molecule has 0 spiro atoms. The maximum Gasteiger partial charge on any atom is 0.0642 e. The smallest absolute Gasteiger partial charge is 0.0642 e. The number of nitrogens with zero attached hydrogens (tertiary/aromatic N) is 1. The molecule has 1 aliphatic heterocycles. The molecule has 20 heavy (non-hydrogen) atoms. The van der Waals surface area contributed by atoms with Crippen molar-refractivity contribution >= 4 is 17.3 Å². The van der Waals surface area contributed by atoms with Gasteiger partial charge in [-0.3, -0.25) is 0 Å². The second-order valence-electron chi connectivity index (χ2n) is 5.57. The Morgan fingerprint density at radius 3 is 2.70 bits per heavy atom. The van der Waals surface area contributed by atoms with Crippen LogP contribution in [0.1, 0.15) is 32.3 Å². The summed E-state index contributed by atoms with van der Waals surface area (Å²) in [7, 11) is 0. The van der Waals surface area contributed by atoms with E-state index in [1.165, 1.54) is 11.3 Å². The molecule has 0 saturated carbocycles. The molecular weight excluding hydrogens is 272 g/mol. The zero-order chi connectivity index (χ0) is 14.5.